The summed E-state index contributed by atoms with van der Waals surface area (Å²) in [5.74, 6) is 1.99. The van der Waals surface area contributed by atoms with E-state index in [2.05, 4.69) is 48.1 Å². The molecule has 0 saturated heterocycles. The van der Waals surface area contributed by atoms with E-state index < -0.39 is 0 Å². The van der Waals surface area contributed by atoms with E-state index in [4.69, 9.17) is 11.6 Å². The van der Waals surface area contributed by atoms with Gasteiger partial charge in [0.15, 0.2) is 0 Å². The molecular formula is C15H17ClN2S. The fourth-order valence-electron chi connectivity index (χ4n) is 1.61. The minimum atomic E-state index is 0.286. The number of rotatable bonds is 4. The molecule has 1 aromatic carbocycles. The van der Waals surface area contributed by atoms with Crippen LogP contribution in [0.4, 0.5) is 0 Å². The summed E-state index contributed by atoms with van der Waals surface area (Å²) in [5.41, 5.74) is 2.25. The first-order chi connectivity index (χ1) is 9.08. The van der Waals surface area contributed by atoms with Crippen molar-refractivity contribution in [2.24, 2.45) is 0 Å². The van der Waals surface area contributed by atoms with Crippen molar-refractivity contribution in [3.63, 3.8) is 0 Å². The van der Waals surface area contributed by atoms with Crippen molar-refractivity contribution in [1.82, 2.24) is 9.97 Å². The Hall–Kier alpha value is -1.06. The molecule has 0 amide bonds. The summed E-state index contributed by atoms with van der Waals surface area (Å²) in [6.07, 6.45) is 0. The van der Waals surface area contributed by atoms with E-state index in [1.54, 1.807) is 11.8 Å². The van der Waals surface area contributed by atoms with Gasteiger partial charge in [-0.15, -0.1) is 11.8 Å². The third-order valence-corrected chi connectivity index (χ3v) is 4.31. The van der Waals surface area contributed by atoms with Gasteiger partial charge in [0.25, 0.3) is 0 Å². The van der Waals surface area contributed by atoms with Crippen molar-refractivity contribution >= 4 is 23.4 Å². The zero-order chi connectivity index (χ0) is 13.8. The standard InChI is InChI=1S/C15H17ClN2S/c1-10(2)14-17-13(16)11(3)15(18-14)19-9-12-7-5-4-6-8-12/h4-8,10H,9H2,1-3H3. The summed E-state index contributed by atoms with van der Waals surface area (Å²) >= 11 is 7.89. The summed E-state index contributed by atoms with van der Waals surface area (Å²) < 4.78 is 0. The third-order valence-electron chi connectivity index (χ3n) is 2.79. The highest BCUT2D eigenvalue weighted by atomic mass is 35.5. The van der Waals surface area contributed by atoms with Gasteiger partial charge in [-0.05, 0) is 12.5 Å². The van der Waals surface area contributed by atoms with Crippen LogP contribution >= 0.6 is 23.4 Å². The Labute approximate surface area is 123 Å². The summed E-state index contributed by atoms with van der Waals surface area (Å²) in [5, 5.41) is 1.54. The normalized spacial score (nSPS) is 11.0. The second-order valence-electron chi connectivity index (χ2n) is 4.73. The van der Waals surface area contributed by atoms with Gasteiger partial charge in [-0.2, -0.15) is 0 Å². The van der Waals surface area contributed by atoms with Crippen molar-refractivity contribution in [3.05, 3.63) is 52.4 Å². The third kappa shape index (κ3) is 3.71. The van der Waals surface area contributed by atoms with E-state index in [0.717, 1.165) is 22.2 Å². The van der Waals surface area contributed by atoms with Crippen LogP contribution in [0.25, 0.3) is 0 Å². The molecule has 1 heterocycles. The second kappa shape index (κ2) is 6.40. The Balaban J connectivity index is 2.20. The van der Waals surface area contributed by atoms with Crippen LogP contribution in [0.5, 0.6) is 0 Å². The molecule has 0 unspecified atom stereocenters. The van der Waals surface area contributed by atoms with Crippen molar-refractivity contribution < 1.29 is 0 Å². The molecule has 0 aliphatic carbocycles. The Morgan fingerprint density at radius 2 is 1.84 bits per heavy atom. The van der Waals surface area contributed by atoms with E-state index in [-0.39, 0.29) is 5.92 Å². The zero-order valence-corrected chi connectivity index (χ0v) is 12.9. The van der Waals surface area contributed by atoms with Gasteiger partial charge in [0.2, 0.25) is 0 Å². The molecule has 2 aromatic rings. The minimum Gasteiger partial charge on any atom is -0.226 e. The predicted octanol–water partition coefficient (Wildman–Crippen LogP) is 4.85. The number of halogens is 1. The number of hydrogen-bond acceptors (Lipinski definition) is 3. The summed E-state index contributed by atoms with van der Waals surface area (Å²) in [6, 6.07) is 10.4. The number of nitrogens with zero attached hydrogens (tertiary/aromatic N) is 2. The average Bonchev–Trinajstić information content (AvgIpc) is 2.41. The number of thioether (sulfide) groups is 1. The van der Waals surface area contributed by atoms with Gasteiger partial charge in [-0.1, -0.05) is 55.8 Å². The van der Waals surface area contributed by atoms with Crippen LogP contribution in [-0.2, 0) is 5.75 Å². The lowest BCUT2D eigenvalue weighted by Crippen LogP contribution is -2.01. The first-order valence-corrected chi connectivity index (χ1v) is 7.65. The highest BCUT2D eigenvalue weighted by Crippen LogP contribution is 2.29. The molecule has 4 heteroatoms. The fraction of sp³-hybridized carbons (Fsp3) is 0.333. The lowest BCUT2D eigenvalue weighted by molar-refractivity contribution is 0.747. The molecule has 0 fully saturated rings. The van der Waals surface area contributed by atoms with Crippen molar-refractivity contribution in [2.45, 2.75) is 37.5 Å². The van der Waals surface area contributed by atoms with Gasteiger partial charge in [-0.25, -0.2) is 9.97 Å². The van der Waals surface area contributed by atoms with E-state index in [1.807, 2.05) is 13.0 Å². The van der Waals surface area contributed by atoms with Crippen molar-refractivity contribution in [1.29, 1.82) is 0 Å². The van der Waals surface area contributed by atoms with Crippen LogP contribution in [0.15, 0.2) is 35.4 Å². The van der Waals surface area contributed by atoms with Gasteiger partial charge in [-0.3, -0.25) is 0 Å². The summed E-state index contributed by atoms with van der Waals surface area (Å²) in [7, 11) is 0. The van der Waals surface area contributed by atoms with Crippen LogP contribution in [0, 0.1) is 6.92 Å². The lowest BCUT2D eigenvalue weighted by Gasteiger charge is -2.10. The fourth-order valence-corrected chi connectivity index (χ4v) is 2.81. The smallest absolute Gasteiger partial charge is 0.136 e. The molecule has 2 nitrogen and oxygen atoms in total. The van der Waals surface area contributed by atoms with Gasteiger partial charge in [0, 0.05) is 17.2 Å². The molecule has 0 radical (unpaired) electrons. The van der Waals surface area contributed by atoms with Gasteiger partial charge in [0.05, 0.1) is 0 Å². The first-order valence-electron chi connectivity index (χ1n) is 6.28. The number of benzene rings is 1. The van der Waals surface area contributed by atoms with Crippen LogP contribution < -0.4 is 0 Å². The first kappa shape index (κ1) is 14.4. The molecule has 19 heavy (non-hydrogen) atoms. The molecular weight excluding hydrogens is 276 g/mol. The minimum absolute atomic E-state index is 0.286. The SMILES string of the molecule is Cc1c(Cl)nc(C(C)C)nc1SCc1ccccc1. The predicted molar refractivity (Wildman–Crippen MR) is 81.9 cm³/mol. The Kier molecular flexibility index (Phi) is 4.83. The van der Waals surface area contributed by atoms with Crippen LogP contribution in [-0.4, -0.2) is 9.97 Å². The number of hydrogen-bond donors (Lipinski definition) is 0. The van der Waals surface area contributed by atoms with Crippen LogP contribution in [0.3, 0.4) is 0 Å². The van der Waals surface area contributed by atoms with Crippen LogP contribution in [0.1, 0.15) is 36.7 Å². The van der Waals surface area contributed by atoms with E-state index >= 15 is 0 Å². The Morgan fingerprint density at radius 1 is 1.16 bits per heavy atom. The Morgan fingerprint density at radius 3 is 2.47 bits per heavy atom. The van der Waals surface area contributed by atoms with E-state index in [1.165, 1.54) is 5.56 Å². The quantitative estimate of drug-likeness (QED) is 0.595. The zero-order valence-electron chi connectivity index (χ0n) is 11.4. The maximum absolute atomic E-state index is 6.18. The van der Waals surface area contributed by atoms with Gasteiger partial charge in [0.1, 0.15) is 16.0 Å². The molecule has 0 aliphatic heterocycles. The molecule has 0 bridgehead atoms. The largest absolute Gasteiger partial charge is 0.226 e. The van der Waals surface area contributed by atoms with Gasteiger partial charge < -0.3 is 0 Å². The highest BCUT2D eigenvalue weighted by Gasteiger charge is 2.12. The summed E-state index contributed by atoms with van der Waals surface area (Å²) in [4.78, 5) is 8.94. The van der Waals surface area contributed by atoms with Crippen molar-refractivity contribution in [2.75, 3.05) is 0 Å². The molecule has 100 valence electrons. The molecule has 0 aliphatic rings. The highest BCUT2D eigenvalue weighted by molar-refractivity contribution is 7.98. The molecule has 2 rings (SSSR count). The maximum atomic E-state index is 6.18. The molecule has 0 N–H and O–H groups in total. The maximum Gasteiger partial charge on any atom is 0.136 e. The summed E-state index contributed by atoms with van der Waals surface area (Å²) in [6.45, 7) is 6.12. The number of aromatic nitrogens is 2. The topological polar surface area (TPSA) is 25.8 Å². The molecule has 0 spiro atoms. The van der Waals surface area contributed by atoms with Crippen LogP contribution in [0.2, 0.25) is 5.15 Å². The molecule has 1 aromatic heterocycles. The van der Waals surface area contributed by atoms with E-state index in [9.17, 15) is 0 Å². The van der Waals surface area contributed by atoms with Gasteiger partial charge >= 0.3 is 0 Å². The molecule has 0 saturated carbocycles. The monoisotopic (exact) mass is 292 g/mol. The Bertz CT molecular complexity index is 556. The second-order valence-corrected chi connectivity index (χ2v) is 6.05. The lowest BCUT2D eigenvalue weighted by atomic mass is 10.2. The van der Waals surface area contributed by atoms with E-state index in [0.29, 0.717) is 5.15 Å². The molecule has 0 atom stereocenters. The van der Waals surface area contributed by atoms with Crippen molar-refractivity contribution in [3.8, 4) is 0 Å². The average molecular weight is 293 g/mol.